The zero-order valence-electron chi connectivity index (χ0n) is 18.5. The van der Waals surface area contributed by atoms with E-state index in [1.165, 1.54) is 58.5 Å². The molecule has 0 saturated heterocycles. The molecule has 158 valence electrons. The number of fused-ring (bicyclic) bond motifs is 5. The van der Waals surface area contributed by atoms with E-state index in [0.29, 0.717) is 53.1 Å². The fraction of sp³-hybridized carbons (Fsp3) is 0.920. The van der Waals surface area contributed by atoms with Crippen LogP contribution in [0.25, 0.3) is 0 Å². The SMILES string of the molecule is COC(=O)CC[C@@H](C)C1CCC2C3C(=O)CC4CCCC[C@]4(C)C3CC[C@@]21C. The van der Waals surface area contributed by atoms with Crippen LogP contribution in [0, 0.1) is 46.3 Å². The van der Waals surface area contributed by atoms with E-state index >= 15 is 0 Å². The first-order chi connectivity index (χ1) is 13.3. The van der Waals surface area contributed by atoms with Crippen molar-refractivity contribution in [1.82, 2.24) is 0 Å². The number of rotatable bonds is 4. The van der Waals surface area contributed by atoms with E-state index in [-0.39, 0.29) is 11.4 Å². The normalized spacial score (nSPS) is 46.3. The minimum atomic E-state index is -0.0889. The van der Waals surface area contributed by atoms with Crippen molar-refractivity contribution in [1.29, 1.82) is 0 Å². The molecule has 0 heterocycles. The Kier molecular flexibility index (Phi) is 5.42. The van der Waals surface area contributed by atoms with Crippen LogP contribution in [0.3, 0.4) is 0 Å². The minimum Gasteiger partial charge on any atom is -0.469 e. The highest BCUT2D eigenvalue weighted by atomic mass is 16.5. The van der Waals surface area contributed by atoms with Crippen LogP contribution >= 0.6 is 0 Å². The highest BCUT2D eigenvalue weighted by molar-refractivity contribution is 5.83. The molecule has 4 fully saturated rings. The molecule has 0 aromatic heterocycles. The Bertz CT molecular complexity index is 627. The second kappa shape index (κ2) is 7.43. The second-order valence-corrected chi connectivity index (χ2v) is 11.2. The Morgan fingerprint density at radius 1 is 1.07 bits per heavy atom. The summed E-state index contributed by atoms with van der Waals surface area (Å²) in [6.45, 7) is 7.35. The maximum atomic E-state index is 13.4. The standard InChI is InChI=1S/C25H40O3/c1-16(8-11-22(27)28-4)18-9-10-19-23-20(12-14-25(18,19)3)24(2)13-6-5-7-17(24)15-21(23)26/h16-20,23H,5-15H2,1-4H3/t16-,17?,18?,19?,20?,23?,24+,25-/m1/s1. The number of methoxy groups -OCH3 is 1. The summed E-state index contributed by atoms with van der Waals surface area (Å²) in [5, 5.41) is 0. The molecular formula is C25H40O3. The average Bonchev–Trinajstić information content (AvgIpc) is 3.03. The maximum Gasteiger partial charge on any atom is 0.305 e. The number of Topliss-reactive ketones (excluding diaryl/α,β-unsaturated/α-hetero) is 1. The number of carbonyl (C=O) groups excluding carboxylic acids is 2. The summed E-state index contributed by atoms with van der Waals surface area (Å²) in [6, 6.07) is 0. The minimum absolute atomic E-state index is 0.0889. The second-order valence-electron chi connectivity index (χ2n) is 11.2. The molecule has 5 unspecified atom stereocenters. The lowest BCUT2D eigenvalue weighted by Gasteiger charge is -2.60. The van der Waals surface area contributed by atoms with Gasteiger partial charge in [-0.3, -0.25) is 9.59 Å². The number of carbonyl (C=O) groups is 2. The van der Waals surface area contributed by atoms with Crippen molar-refractivity contribution >= 4 is 11.8 Å². The Labute approximate surface area is 171 Å². The van der Waals surface area contributed by atoms with Crippen LogP contribution in [0.5, 0.6) is 0 Å². The Morgan fingerprint density at radius 3 is 2.57 bits per heavy atom. The number of ether oxygens (including phenoxy) is 1. The molecule has 0 aromatic carbocycles. The average molecular weight is 389 g/mol. The molecule has 0 spiro atoms. The highest BCUT2D eigenvalue weighted by Gasteiger charge is 2.62. The van der Waals surface area contributed by atoms with Gasteiger partial charge in [-0.25, -0.2) is 0 Å². The Morgan fingerprint density at radius 2 is 1.82 bits per heavy atom. The van der Waals surface area contributed by atoms with Gasteiger partial charge < -0.3 is 4.74 Å². The molecular weight excluding hydrogens is 348 g/mol. The third-order valence-electron chi connectivity index (χ3n) is 10.2. The summed E-state index contributed by atoms with van der Waals surface area (Å²) < 4.78 is 4.86. The topological polar surface area (TPSA) is 43.4 Å². The molecule has 28 heavy (non-hydrogen) atoms. The van der Waals surface area contributed by atoms with Crippen molar-refractivity contribution in [3.8, 4) is 0 Å². The molecule has 4 aliphatic carbocycles. The first-order valence-corrected chi connectivity index (χ1v) is 11.9. The van der Waals surface area contributed by atoms with E-state index in [9.17, 15) is 9.59 Å². The predicted octanol–water partition coefficient (Wildman–Crippen LogP) is 5.80. The van der Waals surface area contributed by atoms with E-state index in [0.717, 1.165) is 12.8 Å². The largest absolute Gasteiger partial charge is 0.469 e. The molecule has 0 aliphatic heterocycles. The van der Waals surface area contributed by atoms with Crippen LogP contribution in [-0.4, -0.2) is 18.9 Å². The van der Waals surface area contributed by atoms with E-state index < -0.39 is 0 Å². The smallest absolute Gasteiger partial charge is 0.305 e. The number of hydrogen-bond donors (Lipinski definition) is 0. The van der Waals surface area contributed by atoms with Crippen molar-refractivity contribution in [2.75, 3.05) is 7.11 Å². The summed E-state index contributed by atoms with van der Waals surface area (Å²) in [4.78, 5) is 25.0. The van der Waals surface area contributed by atoms with Crippen LogP contribution in [-0.2, 0) is 14.3 Å². The van der Waals surface area contributed by atoms with E-state index in [1.54, 1.807) is 0 Å². The quantitative estimate of drug-likeness (QED) is 0.571. The predicted molar refractivity (Wildman–Crippen MR) is 111 cm³/mol. The molecule has 0 bridgehead atoms. The van der Waals surface area contributed by atoms with Crippen molar-refractivity contribution in [2.45, 2.75) is 91.4 Å². The fourth-order valence-corrected chi connectivity index (χ4v) is 8.59. The molecule has 3 nitrogen and oxygen atoms in total. The summed E-state index contributed by atoms with van der Waals surface area (Å²) in [5.41, 5.74) is 0.691. The molecule has 8 atom stereocenters. The van der Waals surface area contributed by atoms with E-state index in [1.807, 2.05) is 0 Å². The van der Waals surface area contributed by atoms with Gasteiger partial charge in [0, 0.05) is 18.8 Å². The molecule has 0 amide bonds. The number of hydrogen-bond acceptors (Lipinski definition) is 3. The lowest BCUT2D eigenvalue weighted by Crippen LogP contribution is -2.56. The maximum absolute atomic E-state index is 13.4. The first kappa shape index (κ1) is 20.4. The molecule has 3 heteroatoms. The van der Waals surface area contributed by atoms with E-state index in [2.05, 4.69) is 20.8 Å². The summed E-state index contributed by atoms with van der Waals surface area (Å²) in [6.07, 6.45) is 12.6. The van der Waals surface area contributed by atoms with Gasteiger partial charge in [0.2, 0.25) is 0 Å². The van der Waals surface area contributed by atoms with Gasteiger partial charge in [0.15, 0.2) is 0 Å². The van der Waals surface area contributed by atoms with Crippen LogP contribution in [0.15, 0.2) is 0 Å². The van der Waals surface area contributed by atoms with E-state index in [4.69, 9.17) is 4.74 Å². The molecule has 0 aromatic rings. The van der Waals surface area contributed by atoms with Gasteiger partial charge in [0.25, 0.3) is 0 Å². The Hall–Kier alpha value is -0.860. The van der Waals surface area contributed by atoms with Crippen molar-refractivity contribution in [3.05, 3.63) is 0 Å². The molecule has 4 rings (SSSR count). The summed E-state index contributed by atoms with van der Waals surface area (Å²) in [5.74, 6) is 3.86. The van der Waals surface area contributed by atoms with Crippen LogP contribution in [0.1, 0.15) is 91.4 Å². The van der Waals surface area contributed by atoms with Gasteiger partial charge in [-0.15, -0.1) is 0 Å². The molecule has 0 N–H and O–H groups in total. The van der Waals surface area contributed by atoms with Gasteiger partial charge in [-0.05, 0) is 85.4 Å². The monoisotopic (exact) mass is 388 g/mol. The third-order valence-corrected chi connectivity index (χ3v) is 10.2. The van der Waals surface area contributed by atoms with Gasteiger partial charge in [-0.2, -0.15) is 0 Å². The van der Waals surface area contributed by atoms with Gasteiger partial charge >= 0.3 is 5.97 Å². The van der Waals surface area contributed by atoms with Crippen molar-refractivity contribution in [3.63, 3.8) is 0 Å². The van der Waals surface area contributed by atoms with Crippen LogP contribution in [0.4, 0.5) is 0 Å². The molecule has 0 radical (unpaired) electrons. The fourth-order valence-electron chi connectivity index (χ4n) is 8.59. The third kappa shape index (κ3) is 3.06. The van der Waals surface area contributed by atoms with Gasteiger partial charge in [0.1, 0.15) is 5.78 Å². The first-order valence-electron chi connectivity index (χ1n) is 11.9. The lowest BCUT2D eigenvalue weighted by molar-refractivity contribution is -0.156. The Balaban J connectivity index is 1.54. The van der Waals surface area contributed by atoms with Crippen molar-refractivity contribution in [2.24, 2.45) is 46.3 Å². The van der Waals surface area contributed by atoms with Gasteiger partial charge in [0.05, 0.1) is 7.11 Å². The number of esters is 1. The highest BCUT2D eigenvalue weighted by Crippen LogP contribution is 2.67. The summed E-state index contributed by atoms with van der Waals surface area (Å²) >= 11 is 0. The summed E-state index contributed by atoms with van der Waals surface area (Å²) in [7, 11) is 1.48. The van der Waals surface area contributed by atoms with Crippen molar-refractivity contribution < 1.29 is 14.3 Å². The van der Waals surface area contributed by atoms with Crippen LogP contribution in [0.2, 0.25) is 0 Å². The molecule has 4 aliphatic rings. The zero-order chi connectivity index (χ0) is 20.1. The molecule has 4 saturated carbocycles. The lowest BCUT2D eigenvalue weighted by atomic mass is 9.44. The zero-order valence-corrected chi connectivity index (χ0v) is 18.5. The number of ketones is 1. The van der Waals surface area contributed by atoms with Gasteiger partial charge in [-0.1, -0.05) is 33.6 Å². The van der Waals surface area contributed by atoms with Crippen LogP contribution < -0.4 is 0 Å².